The maximum absolute atomic E-state index is 5.64. The fraction of sp³-hybridized carbons (Fsp3) is 0.538. The molecular formula is C13H17Br2NO. The number of ether oxygens (including phenoxy) is 1. The lowest BCUT2D eigenvalue weighted by Gasteiger charge is -2.40. The fourth-order valence-corrected chi connectivity index (χ4v) is 3.27. The van der Waals surface area contributed by atoms with Gasteiger partial charge in [-0.25, -0.2) is 0 Å². The van der Waals surface area contributed by atoms with Crippen molar-refractivity contribution in [3.63, 3.8) is 0 Å². The van der Waals surface area contributed by atoms with Crippen LogP contribution in [0.5, 0.6) is 0 Å². The highest BCUT2D eigenvalue weighted by Gasteiger charge is 2.29. The lowest BCUT2D eigenvalue weighted by Crippen LogP contribution is -2.53. The zero-order valence-electron chi connectivity index (χ0n) is 9.69. The van der Waals surface area contributed by atoms with Gasteiger partial charge in [0, 0.05) is 29.3 Å². The molecule has 1 aromatic carbocycles. The lowest BCUT2D eigenvalue weighted by molar-refractivity contribution is -0.0367. The zero-order valence-corrected chi connectivity index (χ0v) is 12.9. The molecule has 2 rings (SSSR count). The number of hydrogen-bond donors (Lipinski definition) is 0. The van der Waals surface area contributed by atoms with Crippen molar-refractivity contribution in [2.75, 3.05) is 23.9 Å². The van der Waals surface area contributed by atoms with E-state index in [4.69, 9.17) is 4.74 Å². The number of morpholine rings is 1. The highest BCUT2D eigenvalue weighted by atomic mass is 79.9. The van der Waals surface area contributed by atoms with Crippen LogP contribution in [0.2, 0.25) is 0 Å². The van der Waals surface area contributed by atoms with Gasteiger partial charge in [-0.1, -0.05) is 62.2 Å². The van der Waals surface area contributed by atoms with E-state index < -0.39 is 0 Å². The topological polar surface area (TPSA) is 12.5 Å². The standard InChI is InChI=1S/C13H17Br2NO/c14-6-12-9-17-10-13(7-15)16(12)8-11-4-2-1-3-5-11/h1-5,12-13H,6-10H2/t12-,13+. The van der Waals surface area contributed by atoms with Gasteiger partial charge in [0.05, 0.1) is 13.2 Å². The molecule has 0 spiro atoms. The number of halogens is 2. The van der Waals surface area contributed by atoms with Gasteiger partial charge in [-0.2, -0.15) is 0 Å². The van der Waals surface area contributed by atoms with Crippen LogP contribution in [0.4, 0.5) is 0 Å². The minimum atomic E-state index is 0.464. The normalized spacial score (nSPS) is 26.0. The molecule has 17 heavy (non-hydrogen) atoms. The Bertz CT molecular complexity index is 321. The summed E-state index contributed by atoms with van der Waals surface area (Å²) in [5.74, 6) is 0. The molecule has 94 valence electrons. The second-order valence-corrected chi connectivity index (χ2v) is 5.61. The van der Waals surface area contributed by atoms with Crippen molar-refractivity contribution in [2.24, 2.45) is 0 Å². The van der Waals surface area contributed by atoms with E-state index in [1.165, 1.54) is 5.56 Å². The van der Waals surface area contributed by atoms with Crippen LogP contribution in [-0.4, -0.2) is 40.9 Å². The molecule has 0 N–H and O–H groups in total. The van der Waals surface area contributed by atoms with Crippen LogP contribution in [0.1, 0.15) is 5.56 Å². The Labute approximate surface area is 120 Å². The molecule has 2 atom stereocenters. The van der Waals surface area contributed by atoms with Crippen LogP contribution >= 0.6 is 31.9 Å². The van der Waals surface area contributed by atoms with E-state index in [1.54, 1.807) is 0 Å². The average molecular weight is 363 g/mol. The number of rotatable bonds is 4. The third kappa shape index (κ3) is 3.53. The van der Waals surface area contributed by atoms with Crippen molar-refractivity contribution in [2.45, 2.75) is 18.6 Å². The maximum atomic E-state index is 5.64. The van der Waals surface area contributed by atoms with Gasteiger partial charge in [-0.05, 0) is 5.56 Å². The van der Waals surface area contributed by atoms with Crippen LogP contribution in [0.15, 0.2) is 30.3 Å². The molecule has 1 fully saturated rings. The summed E-state index contributed by atoms with van der Waals surface area (Å²) < 4.78 is 5.64. The summed E-state index contributed by atoms with van der Waals surface area (Å²) in [7, 11) is 0. The maximum Gasteiger partial charge on any atom is 0.0631 e. The Morgan fingerprint density at radius 2 is 1.65 bits per heavy atom. The Morgan fingerprint density at radius 1 is 1.06 bits per heavy atom. The zero-order chi connectivity index (χ0) is 12.1. The largest absolute Gasteiger partial charge is 0.378 e. The van der Waals surface area contributed by atoms with Crippen molar-refractivity contribution in [1.82, 2.24) is 4.90 Å². The number of nitrogens with zero attached hydrogens (tertiary/aromatic N) is 1. The third-order valence-electron chi connectivity index (χ3n) is 3.12. The molecule has 1 aliphatic rings. The number of alkyl halides is 2. The van der Waals surface area contributed by atoms with Gasteiger partial charge < -0.3 is 4.74 Å². The highest BCUT2D eigenvalue weighted by Crippen LogP contribution is 2.20. The minimum Gasteiger partial charge on any atom is -0.378 e. The van der Waals surface area contributed by atoms with Gasteiger partial charge in [0.25, 0.3) is 0 Å². The molecule has 1 aromatic rings. The number of benzene rings is 1. The number of hydrogen-bond acceptors (Lipinski definition) is 2. The van der Waals surface area contributed by atoms with Crippen LogP contribution in [-0.2, 0) is 11.3 Å². The first-order valence-electron chi connectivity index (χ1n) is 5.84. The van der Waals surface area contributed by atoms with Crippen molar-refractivity contribution in [3.8, 4) is 0 Å². The summed E-state index contributed by atoms with van der Waals surface area (Å²) in [5.41, 5.74) is 1.37. The van der Waals surface area contributed by atoms with E-state index in [2.05, 4.69) is 67.1 Å². The quantitative estimate of drug-likeness (QED) is 0.763. The summed E-state index contributed by atoms with van der Waals surface area (Å²) in [5, 5.41) is 1.92. The van der Waals surface area contributed by atoms with Gasteiger partial charge in [0.15, 0.2) is 0 Å². The Hall–Kier alpha value is 0.1000. The molecule has 0 bridgehead atoms. The Kier molecular flexibility index (Phi) is 5.48. The molecule has 0 saturated carbocycles. The molecule has 2 nitrogen and oxygen atoms in total. The smallest absolute Gasteiger partial charge is 0.0631 e. The minimum absolute atomic E-state index is 0.464. The van der Waals surface area contributed by atoms with Gasteiger partial charge in [-0.15, -0.1) is 0 Å². The van der Waals surface area contributed by atoms with E-state index >= 15 is 0 Å². The van der Waals surface area contributed by atoms with E-state index in [1.807, 2.05) is 0 Å². The molecule has 1 heterocycles. The molecule has 1 aliphatic heterocycles. The Balaban J connectivity index is 2.08. The SMILES string of the molecule is BrC[C@@H]1COC[C@H](CBr)N1Cc1ccccc1. The van der Waals surface area contributed by atoms with E-state index in [0.717, 1.165) is 30.4 Å². The summed E-state index contributed by atoms with van der Waals surface area (Å²) in [6.07, 6.45) is 0. The summed E-state index contributed by atoms with van der Waals surface area (Å²) in [4.78, 5) is 2.53. The van der Waals surface area contributed by atoms with Crippen LogP contribution in [0.25, 0.3) is 0 Å². The van der Waals surface area contributed by atoms with Crippen molar-refractivity contribution < 1.29 is 4.74 Å². The van der Waals surface area contributed by atoms with Gasteiger partial charge >= 0.3 is 0 Å². The summed E-state index contributed by atoms with van der Waals surface area (Å²) in [6.45, 7) is 2.64. The van der Waals surface area contributed by atoms with Gasteiger partial charge in [0.2, 0.25) is 0 Å². The summed E-state index contributed by atoms with van der Waals surface area (Å²) >= 11 is 7.17. The molecule has 0 radical (unpaired) electrons. The van der Waals surface area contributed by atoms with E-state index in [-0.39, 0.29) is 0 Å². The average Bonchev–Trinajstić information content (AvgIpc) is 2.40. The van der Waals surface area contributed by atoms with E-state index in [9.17, 15) is 0 Å². The van der Waals surface area contributed by atoms with Gasteiger partial charge in [0.1, 0.15) is 0 Å². The van der Waals surface area contributed by atoms with E-state index in [0.29, 0.717) is 12.1 Å². The second kappa shape index (κ2) is 6.88. The predicted molar refractivity (Wildman–Crippen MR) is 78.0 cm³/mol. The molecule has 0 aliphatic carbocycles. The lowest BCUT2D eigenvalue weighted by atomic mass is 10.1. The van der Waals surface area contributed by atoms with Crippen molar-refractivity contribution in [1.29, 1.82) is 0 Å². The predicted octanol–water partition coefficient (Wildman–Crippen LogP) is 3.05. The first-order chi connectivity index (χ1) is 8.35. The molecule has 4 heteroatoms. The Morgan fingerprint density at radius 3 is 2.18 bits per heavy atom. The molecule has 0 amide bonds. The fourth-order valence-electron chi connectivity index (χ4n) is 2.15. The molecule has 0 unspecified atom stereocenters. The van der Waals surface area contributed by atoms with Crippen LogP contribution in [0, 0.1) is 0 Å². The first kappa shape index (κ1) is 13.5. The molecule has 0 aromatic heterocycles. The monoisotopic (exact) mass is 361 g/mol. The second-order valence-electron chi connectivity index (χ2n) is 4.31. The van der Waals surface area contributed by atoms with Crippen LogP contribution in [0.3, 0.4) is 0 Å². The highest BCUT2D eigenvalue weighted by molar-refractivity contribution is 9.09. The van der Waals surface area contributed by atoms with Crippen molar-refractivity contribution in [3.05, 3.63) is 35.9 Å². The van der Waals surface area contributed by atoms with Crippen LogP contribution < -0.4 is 0 Å². The first-order valence-corrected chi connectivity index (χ1v) is 8.08. The summed E-state index contributed by atoms with van der Waals surface area (Å²) in [6, 6.07) is 11.6. The molecule has 1 saturated heterocycles. The van der Waals surface area contributed by atoms with Gasteiger partial charge in [-0.3, -0.25) is 4.90 Å². The third-order valence-corrected chi connectivity index (χ3v) is 4.62. The molecular weight excluding hydrogens is 346 g/mol. The van der Waals surface area contributed by atoms with Crippen molar-refractivity contribution >= 4 is 31.9 Å².